The molecule has 0 saturated heterocycles. The van der Waals surface area contributed by atoms with Crippen molar-refractivity contribution in [3.63, 3.8) is 0 Å². The van der Waals surface area contributed by atoms with Crippen LogP contribution in [0.1, 0.15) is 46.5 Å². The van der Waals surface area contributed by atoms with Crippen molar-refractivity contribution in [1.82, 2.24) is 10.6 Å². The Hall–Kier alpha value is -1.26. The normalized spacial score (nSPS) is 25.1. The van der Waals surface area contributed by atoms with E-state index in [1.165, 1.54) is 0 Å². The molecule has 3 N–H and O–H groups in total. The molecule has 2 atom stereocenters. The van der Waals surface area contributed by atoms with Gasteiger partial charge in [-0.2, -0.15) is 0 Å². The van der Waals surface area contributed by atoms with Crippen LogP contribution in [0.2, 0.25) is 0 Å². The van der Waals surface area contributed by atoms with Crippen LogP contribution in [0.5, 0.6) is 0 Å². The Kier molecular flexibility index (Phi) is 4.37. The van der Waals surface area contributed by atoms with Crippen molar-refractivity contribution in [3.05, 3.63) is 0 Å². The van der Waals surface area contributed by atoms with Crippen LogP contribution < -0.4 is 10.6 Å². The van der Waals surface area contributed by atoms with Crippen molar-refractivity contribution < 1.29 is 14.7 Å². The number of hydrogen-bond donors (Lipinski definition) is 3. The average Bonchev–Trinajstić information content (AvgIpc) is 2.14. The van der Waals surface area contributed by atoms with Crippen LogP contribution >= 0.6 is 0 Å². The van der Waals surface area contributed by atoms with Gasteiger partial charge in [-0.15, -0.1) is 0 Å². The minimum Gasteiger partial charge on any atom is -0.481 e. The second kappa shape index (κ2) is 5.38. The Morgan fingerprint density at radius 2 is 1.76 bits per heavy atom. The molecular formula is C12H22N2O3. The molecule has 0 radical (unpaired) electrons. The Morgan fingerprint density at radius 3 is 2.29 bits per heavy atom. The maximum Gasteiger partial charge on any atom is 0.315 e. The van der Waals surface area contributed by atoms with E-state index >= 15 is 0 Å². The van der Waals surface area contributed by atoms with Crippen molar-refractivity contribution in [2.45, 2.75) is 58.0 Å². The number of nitrogens with one attached hydrogen (secondary N) is 2. The molecule has 1 aliphatic rings. The van der Waals surface area contributed by atoms with Crippen molar-refractivity contribution in [3.8, 4) is 0 Å². The number of carboxylic acids is 1. The largest absolute Gasteiger partial charge is 0.481 e. The summed E-state index contributed by atoms with van der Waals surface area (Å²) < 4.78 is 0. The number of carbonyl (C=O) groups excluding carboxylic acids is 1. The van der Waals surface area contributed by atoms with Gasteiger partial charge in [-0.1, -0.05) is 12.8 Å². The summed E-state index contributed by atoms with van der Waals surface area (Å²) in [6.07, 6.45) is 3.30. The zero-order valence-electron chi connectivity index (χ0n) is 10.7. The number of urea groups is 1. The maximum atomic E-state index is 11.7. The summed E-state index contributed by atoms with van der Waals surface area (Å²) in [5.41, 5.74) is -0.308. The van der Waals surface area contributed by atoms with Crippen LogP contribution in [-0.2, 0) is 4.79 Å². The van der Waals surface area contributed by atoms with Crippen molar-refractivity contribution in [1.29, 1.82) is 0 Å². The van der Waals surface area contributed by atoms with Crippen LogP contribution in [0.4, 0.5) is 4.79 Å². The number of hydrogen-bond acceptors (Lipinski definition) is 2. The van der Waals surface area contributed by atoms with E-state index in [1.807, 2.05) is 20.8 Å². The number of aliphatic carboxylic acids is 1. The average molecular weight is 242 g/mol. The molecular weight excluding hydrogens is 220 g/mol. The van der Waals surface area contributed by atoms with Crippen LogP contribution in [0.3, 0.4) is 0 Å². The van der Waals surface area contributed by atoms with Gasteiger partial charge in [-0.25, -0.2) is 4.79 Å². The summed E-state index contributed by atoms with van der Waals surface area (Å²) in [7, 11) is 0. The molecule has 1 saturated carbocycles. The highest BCUT2D eigenvalue weighted by molar-refractivity contribution is 5.77. The first-order valence-electron chi connectivity index (χ1n) is 6.11. The molecule has 2 unspecified atom stereocenters. The van der Waals surface area contributed by atoms with E-state index in [4.69, 9.17) is 5.11 Å². The van der Waals surface area contributed by atoms with Gasteiger partial charge in [-0.3, -0.25) is 4.79 Å². The quantitative estimate of drug-likeness (QED) is 0.690. The molecule has 1 rings (SSSR count). The van der Waals surface area contributed by atoms with Gasteiger partial charge in [0.2, 0.25) is 0 Å². The van der Waals surface area contributed by atoms with Crippen molar-refractivity contribution in [2.24, 2.45) is 5.92 Å². The van der Waals surface area contributed by atoms with Gasteiger partial charge in [0.25, 0.3) is 0 Å². The van der Waals surface area contributed by atoms with Gasteiger partial charge in [0, 0.05) is 11.6 Å². The van der Waals surface area contributed by atoms with Crippen LogP contribution in [0, 0.1) is 5.92 Å². The molecule has 0 aromatic rings. The number of amides is 2. The molecule has 17 heavy (non-hydrogen) atoms. The molecule has 0 aromatic carbocycles. The Morgan fingerprint density at radius 1 is 1.18 bits per heavy atom. The maximum absolute atomic E-state index is 11.7. The van der Waals surface area contributed by atoms with Gasteiger partial charge in [0.1, 0.15) is 0 Å². The first-order valence-corrected chi connectivity index (χ1v) is 6.11. The molecule has 1 fully saturated rings. The van der Waals surface area contributed by atoms with Crippen LogP contribution in [0.25, 0.3) is 0 Å². The number of rotatable bonds is 2. The third kappa shape index (κ3) is 4.63. The van der Waals surface area contributed by atoms with Gasteiger partial charge >= 0.3 is 12.0 Å². The number of carboxylic acid groups (broad SMARTS) is 1. The molecule has 0 bridgehead atoms. The van der Waals surface area contributed by atoms with E-state index in [-0.39, 0.29) is 17.6 Å². The molecule has 5 heteroatoms. The minimum atomic E-state index is -0.814. The standard InChI is InChI=1S/C12H22N2O3/c1-12(2,3)14-11(17)13-9-7-5-4-6-8(9)10(15)16/h8-9H,4-7H2,1-3H3,(H,15,16)(H2,13,14,17). The monoisotopic (exact) mass is 242 g/mol. The zero-order valence-corrected chi connectivity index (χ0v) is 10.7. The van der Waals surface area contributed by atoms with Crippen molar-refractivity contribution >= 4 is 12.0 Å². The van der Waals surface area contributed by atoms with Crippen LogP contribution in [-0.4, -0.2) is 28.7 Å². The topological polar surface area (TPSA) is 78.4 Å². The molecule has 1 aliphatic carbocycles. The lowest BCUT2D eigenvalue weighted by Gasteiger charge is -2.30. The summed E-state index contributed by atoms with van der Waals surface area (Å²) in [6, 6.07) is -0.528. The lowest BCUT2D eigenvalue weighted by molar-refractivity contribution is -0.143. The predicted octanol–water partition coefficient (Wildman–Crippen LogP) is 1.73. The summed E-state index contributed by atoms with van der Waals surface area (Å²) in [4.78, 5) is 22.7. The van der Waals surface area contributed by atoms with E-state index in [0.717, 1.165) is 19.3 Å². The highest BCUT2D eigenvalue weighted by atomic mass is 16.4. The van der Waals surface area contributed by atoms with E-state index in [2.05, 4.69) is 10.6 Å². The SMILES string of the molecule is CC(C)(C)NC(=O)NC1CCCCC1C(=O)O. The van der Waals surface area contributed by atoms with Gasteiger partial charge < -0.3 is 15.7 Å². The summed E-state index contributed by atoms with van der Waals surface area (Å²) >= 11 is 0. The van der Waals surface area contributed by atoms with Gasteiger partial charge in [0.05, 0.1) is 5.92 Å². The fourth-order valence-corrected chi connectivity index (χ4v) is 2.14. The fourth-order valence-electron chi connectivity index (χ4n) is 2.14. The zero-order chi connectivity index (χ0) is 13.1. The molecule has 2 amide bonds. The molecule has 0 aromatic heterocycles. The van der Waals surface area contributed by atoms with E-state index < -0.39 is 11.9 Å². The van der Waals surface area contributed by atoms with Crippen LogP contribution in [0.15, 0.2) is 0 Å². The van der Waals surface area contributed by atoms with Gasteiger partial charge in [0.15, 0.2) is 0 Å². The van der Waals surface area contributed by atoms with Gasteiger partial charge in [-0.05, 0) is 33.6 Å². The summed E-state index contributed by atoms with van der Waals surface area (Å²) in [6.45, 7) is 5.67. The molecule has 0 heterocycles. The first kappa shape index (κ1) is 13.8. The Labute approximate surface area is 102 Å². The highest BCUT2D eigenvalue weighted by Gasteiger charge is 2.32. The molecule has 5 nitrogen and oxygen atoms in total. The number of carbonyl (C=O) groups is 2. The van der Waals surface area contributed by atoms with E-state index in [1.54, 1.807) is 0 Å². The third-order valence-corrected chi connectivity index (χ3v) is 2.89. The fraction of sp³-hybridized carbons (Fsp3) is 0.833. The second-order valence-electron chi connectivity index (χ2n) is 5.68. The third-order valence-electron chi connectivity index (χ3n) is 2.89. The lowest BCUT2D eigenvalue weighted by atomic mass is 9.84. The Bertz CT molecular complexity index is 297. The minimum absolute atomic E-state index is 0.247. The molecule has 0 aliphatic heterocycles. The Balaban J connectivity index is 2.53. The van der Waals surface area contributed by atoms with E-state index in [9.17, 15) is 9.59 Å². The summed E-state index contributed by atoms with van der Waals surface area (Å²) in [5.74, 6) is -1.26. The first-order chi connectivity index (χ1) is 7.79. The highest BCUT2D eigenvalue weighted by Crippen LogP contribution is 2.24. The predicted molar refractivity (Wildman–Crippen MR) is 64.8 cm³/mol. The van der Waals surface area contributed by atoms with Crippen molar-refractivity contribution in [2.75, 3.05) is 0 Å². The smallest absolute Gasteiger partial charge is 0.315 e. The summed E-state index contributed by atoms with van der Waals surface area (Å²) in [5, 5.41) is 14.6. The lowest BCUT2D eigenvalue weighted by Crippen LogP contribution is -2.53. The second-order valence-corrected chi connectivity index (χ2v) is 5.68. The van der Waals surface area contributed by atoms with E-state index in [0.29, 0.717) is 6.42 Å². The molecule has 98 valence electrons. The molecule has 0 spiro atoms.